The standard InChI is InChI=1S/C12H21N3O4S2/c1-8-11(20-12(16)15-8)21(17,18)14-6-7-19-10-4-2-9(13)3-5-10/h9-10,14H,2-7,13H2,1H3,(H,15,16). The zero-order valence-electron chi connectivity index (χ0n) is 11.9. The molecule has 7 nitrogen and oxygen atoms in total. The topological polar surface area (TPSA) is 114 Å². The van der Waals surface area contributed by atoms with Gasteiger partial charge in [0.25, 0.3) is 10.0 Å². The molecule has 0 radical (unpaired) electrons. The van der Waals surface area contributed by atoms with Gasteiger partial charge in [0.05, 0.1) is 12.7 Å². The van der Waals surface area contributed by atoms with Crippen LogP contribution in [0.3, 0.4) is 0 Å². The highest BCUT2D eigenvalue weighted by Gasteiger charge is 2.21. The molecule has 21 heavy (non-hydrogen) atoms. The van der Waals surface area contributed by atoms with Crippen molar-refractivity contribution in [3.05, 3.63) is 15.4 Å². The fraction of sp³-hybridized carbons (Fsp3) is 0.750. The molecule has 0 unspecified atom stereocenters. The lowest BCUT2D eigenvalue weighted by Gasteiger charge is -2.26. The van der Waals surface area contributed by atoms with Gasteiger partial charge in [-0.1, -0.05) is 11.3 Å². The lowest BCUT2D eigenvalue weighted by atomic mass is 9.94. The summed E-state index contributed by atoms with van der Waals surface area (Å²) in [6.45, 7) is 2.07. The Morgan fingerprint density at radius 1 is 1.38 bits per heavy atom. The van der Waals surface area contributed by atoms with Gasteiger partial charge in [0.2, 0.25) is 0 Å². The quantitative estimate of drug-likeness (QED) is 0.647. The van der Waals surface area contributed by atoms with Crippen LogP contribution in [0.4, 0.5) is 0 Å². The normalized spacial score (nSPS) is 23.3. The fourth-order valence-electron chi connectivity index (χ4n) is 2.37. The molecule has 4 N–H and O–H groups in total. The summed E-state index contributed by atoms with van der Waals surface area (Å²) in [5.41, 5.74) is 6.18. The van der Waals surface area contributed by atoms with Gasteiger partial charge in [-0.2, -0.15) is 0 Å². The van der Waals surface area contributed by atoms with E-state index in [1.54, 1.807) is 6.92 Å². The van der Waals surface area contributed by atoms with Crippen molar-refractivity contribution in [3.8, 4) is 0 Å². The second kappa shape index (κ2) is 7.01. The van der Waals surface area contributed by atoms with Crippen LogP contribution < -0.4 is 15.3 Å². The summed E-state index contributed by atoms with van der Waals surface area (Å²) >= 11 is 0.691. The second-order valence-corrected chi connectivity index (χ2v) is 8.18. The van der Waals surface area contributed by atoms with Crippen molar-refractivity contribution in [3.63, 3.8) is 0 Å². The molecule has 1 aliphatic rings. The number of aromatic amines is 1. The van der Waals surface area contributed by atoms with E-state index >= 15 is 0 Å². The first kappa shape index (κ1) is 16.6. The summed E-state index contributed by atoms with van der Waals surface area (Å²) in [6.07, 6.45) is 3.91. The van der Waals surface area contributed by atoms with Gasteiger partial charge in [-0.15, -0.1) is 0 Å². The SMILES string of the molecule is Cc1[nH]c(=O)sc1S(=O)(=O)NCCOC1CCC(N)CC1. The summed E-state index contributed by atoms with van der Waals surface area (Å²) in [7, 11) is -3.64. The highest BCUT2D eigenvalue weighted by atomic mass is 32.2. The largest absolute Gasteiger partial charge is 0.377 e. The van der Waals surface area contributed by atoms with E-state index < -0.39 is 10.0 Å². The first-order chi connectivity index (χ1) is 9.88. The van der Waals surface area contributed by atoms with Gasteiger partial charge in [-0.25, -0.2) is 13.1 Å². The van der Waals surface area contributed by atoms with Gasteiger partial charge in [-0.05, 0) is 32.6 Å². The average molecular weight is 335 g/mol. The minimum atomic E-state index is -3.64. The third-order valence-electron chi connectivity index (χ3n) is 3.49. The lowest BCUT2D eigenvalue weighted by molar-refractivity contribution is 0.0287. The van der Waals surface area contributed by atoms with Gasteiger partial charge >= 0.3 is 4.87 Å². The number of ether oxygens (including phenoxy) is 1. The second-order valence-electron chi connectivity index (χ2n) is 5.23. The predicted molar refractivity (Wildman–Crippen MR) is 81.0 cm³/mol. The Labute approximate surface area is 127 Å². The van der Waals surface area contributed by atoms with Crippen molar-refractivity contribution in [2.75, 3.05) is 13.2 Å². The zero-order chi connectivity index (χ0) is 15.5. The summed E-state index contributed by atoms with van der Waals surface area (Å²) in [5.74, 6) is 0. The van der Waals surface area contributed by atoms with Crippen molar-refractivity contribution >= 4 is 21.4 Å². The third kappa shape index (κ3) is 4.62. The van der Waals surface area contributed by atoms with Crippen LogP contribution in [0.15, 0.2) is 9.00 Å². The fourth-order valence-corrected chi connectivity index (χ4v) is 4.73. The molecule has 0 spiro atoms. The first-order valence-corrected chi connectivity index (χ1v) is 9.25. The van der Waals surface area contributed by atoms with E-state index in [1.165, 1.54) is 0 Å². The van der Waals surface area contributed by atoms with Crippen LogP contribution in [0, 0.1) is 6.92 Å². The van der Waals surface area contributed by atoms with Crippen LogP contribution in [-0.2, 0) is 14.8 Å². The van der Waals surface area contributed by atoms with E-state index in [-0.39, 0.29) is 27.8 Å². The van der Waals surface area contributed by atoms with Gasteiger partial charge in [0, 0.05) is 18.3 Å². The number of aromatic nitrogens is 1. The van der Waals surface area contributed by atoms with Gasteiger partial charge in [0.15, 0.2) is 4.21 Å². The Morgan fingerprint density at radius 3 is 2.62 bits per heavy atom. The molecule has 1 aliphatic carbocycles. The third-order valence-corrected chi connectivity index (χ3v) is 6.56. The van der Waals surface area contributed by atoms with Crippen LogP contribution in [0.1, 0.15) is 31.4 Å². The molecule has 1 heterocycles. The molecule has 1 saturated carbocycles. The Balaban J connectivity index is 1.78. The van der Waals surface area contributed by atoms with E-state index in [1.807, 2.05) is 0 Å². The number of hydrogen-bond donors (Lipinski definition) is 3. The summed E-state index contributed by atoms with van der Waals surface area (Å²) in [6, 6.07) is 0.266. The van der Waals surface area contributed by atoms with Crippen molar-refractivity contribution in [1.29, 1.82) is 0 Å². The van der Waals surface area contributed by atoms with Crippen LogP contribution in [0.25, 0.3) is 0 Å². The van der Waals surface area contributed by atoms with E-state index in [0.717, 1.165) is 25.7 Å². The lowest BCUT2D eigenvalue weighted by Crippen LogP contribution is -2.33. The van der Waals surface area contributed by atoms with Gasteiger partial charge in [0.1, 0.15) is 0 Å². The number of thiazole rings is 1. The Morgan fingerprint density at radius 2 is 2.05 bits per heavy atom. The minimum absolute atomic E-state index is 0.0381. The maximum Gasteiger partial charge on any atom is 0.305 e. The molecule has 120 valence electrons. The van der Waals surface area contributed by atoms with E-state index in [0.29, 0.717) is 23.6 Å². The summed E-state index contributed by atoms with van der Waals surface area (Å²) < 4.78 is 32.2. The molecule has 1 aromatic rings. The van der Waals surface area contributed by atoms with E-state index in [9.17, 15) is 13.2 Å². The zero-order valence-corrected chi connectivity index (χ0v) is 13.6. The van der Waals surface area contributed by atoms with Gasteiger partial charge in [-0.3, -0.25) is 4.79 Å². The highest BCUT2D eigenvalue weighted by Crippen LogP contribution is 2.19. The number of sulfonamides is 1. The molecule has 0 saturated heterocycles. The maximum absolute atomic E-state index is 12.0. The van der Waals surface area contributed by atoms with Crippen molar-refractivity contribution in [2.24, 2.45) is 5.73 Å². The highest BCUT2D eigenvalue weighted by molar-refractivity contribution is 7.91. The van der Waals surface area contributed by atoms with Gasteiger partial charge < -0.3 is 15.5 Å². The van der Waals surface area contributed by atoms with Crippen molar-refractivity contribution in [2.45, 2.75) is 49.0 Å². The van der Waals surface area contributed by atoms with E-state index in [4.69, 9.17) is 10.5 Å². The number of nitrogens with two attached hydrogens (primary N) is 1. The number of hydrogen-bond acceptors (Lipinski definition) is 6. The van der Waals surface area contributed by atoms with Crippen LogP contribution >= 0.6 is 11.3 Å². The van der Waals surface area contributed by atoms with E-state index in [2.05, 4.69) is 9.71 Å². The Bertz CT molecular complexity index is 615. The summed E-state index contributed by atoms with van der Waals surface area (Å²) in [4.78, 5) is 13.2. The smallest absolute Gasteiger partial charge is 0.305 e. The molecule has 0 amide bonds. The molecule has 2 rings (SSSR count). The number of nitrogens with one attached hydrogen (secondary N) is 2. The minimum Gasteiger partial charge on any atom is -0.377 e. The molecule has 0 aliphatic heterocycles. The molecule has 1 fully saturated rings. The number of aryl methyl sites for hydroxylation is 1. The maximum atomic E-state index is 12.0. The van der Waals surface area contributed by atoms with Crippen LogP contribution in [0.2, 0.25) is 0 Å². The average Bonchev–Trinajstić information content (AvgIpc) is 2.77. The van der Waals surface area contributed by atoms with Crippen LogP contribution in [-0.4, -0.2) is 38.7 Å². The molecular weight excluding hydrogens is 314 g/mol. The molecule has 0 aromatic carbocycles. The first-order valence-electron chi connectivity index (χ1n) is 6.95. The molecule has 9 heteroatoms. The molecule has 0 atom stereocenters. The number of H-pyrrole nitrogens is 1. The Kier molecular flexibility index (Phi) is 5.55. The molecular formula is C12H21N3O4S2. The number of rotatable bonds is 6. The molecule has 0 bridgehead atoms. The monoisotopic (exact) mass is 335 g/mol. The van der Waals surface area contributed by atoms with Crippen LogP contribution in [0.5, 0.6) is 0 Å². The molecule has 1 aromatic heterocycles. The predicted octanol–water partition coefficient (Wildman–Crippen LogP) is 0.310. The van der Waals surface area contributed by atoms with Crippen molar-refractivity contribution in [1.82, 2.24) is 9.71 Å². The summed E-state index contributed by atoms with van der Waals surface area (Å²) in [5, 5.41) is 0. The Hall–Kier alpha value is -0.740. The van der Waals surface area contributed by atoms with Crippen molar-refractivity contribution < 1.29 is 13.2 Å².